The van der Waals surface area contributed by atoms with Crippen molar-refractivity contribution in [2.24, 2.45) is 0 Å². The molecule has 2 aromatic heterocycles. The van der Waals surface area contributed by atoms with Gasteiger partial charge in [-0.15, -0.1) is 0 Å². The van der Waals surface area contributed by atoms with E-state index >= 15 is 0 Å². The van der Waals surface area contributed by atoms with Gasteiger partial charge in [-0.2, -0.15) is 0 Å². The molecule has 6 heteroatoms. The third kappa shape index (κ3) is 3.65. The minimum Gasteiger partial charge on any atom is -0.335 e. The van der Waals surface area contributed by atoms with Crippen molar-refractivity contribution < 1.29 is 4.79 Å². The van der Waals surface area contributed by atoms with Gasteiger partial charge in [-0.05, 0) is 17.7 Å². The van der Waals surface area contributed by atoms with E-state index in [4.69, 9.17) is 0 Å². The van der Waals surface area contributed by atoms with Crippen molar-refractivity contribution in [1.29, 1.82) is 0 Å². The van der Waals surface area contributed by atoms with Crippen LogP contribution in [0.5, 0.6) is 0 Å². The molecule has 6 nitrogen and oxygen atoms in total. The Bertz CT molecular complexity index is 855. The molecule has 0 saturated carbocycles. The summed E-state index contributed by atoms with van der Waals surface area (Å²) in [5.41, 5.74) is 2.68. The second-order valence-corrected chi connectivity index (χ2v) is 6.42. The Morgan fingerprint density at radius 1 is 1.00 bits per heavy atom. The Balaban J connectivity index is 1.39. The maximum atomic E-state index is 12.8. The molecular formula is C20H21N5O. The summed E-state index contributed by atoms with van der Waals surface area (Å²) in [5, 5.41) is 0. The van der Waals surface area contributed by atoms with Gasteiger partial charge < -0.3 is 9.47 Å². The smallest absolute Gasteiger partial charge is 0.272 e. The molecule has 0 bridgehead atoms. The van der Waals surface area contributed by atoms with Crippen LogP contribution in [0.2, 0.25) is 0 Å². The quantitative estimate of drug-likeness (QED) is 0.726. The zero-order valence-electron chi connectivity index (χ0n) is 14.5. The molecule has 1 aliphatic heterocycles. The molecule has 3 aromatic rings. The molecule has 1 fully saturated rings. The average Bonchev–Trinajstić information content (AvgIpc) is 3.24. The zero-order valence-corrected chi connectivity index (χ0v) is 14.5. The van der Waals surface area contributed by atoms with E-state index in [1.54, 1.807) is 18.7 Å². The Labute approximate surface area is 152 Å². The van der Waals surface area contributed by atoms with Crippen molar-refractivity contribution >= 4 is 5.91 Å². The molecule has 132 valence electrons. The van der Waals surface area contributed by atoms with E-state index in [1.165, 1.54) is 5.56 Å². The Kier molecular flexibility index (Phi) is 4.75. The first-order chi connectivity index (χ1) is 12.8. The standard InChI is InChI=1S/C20H21N5O/c26-20(19-14-18(6-7-22-19)25-9-8-21-16-25)24-12-10-23(11-13-24)15-17-4-2-1-3-5-17/h1-9,14,16H,10-13,15H2. The molecule has 26 heavy (non-hydrogen) atoms. The number of nitrogens with zero attached hydrogens (tertiary/aromatic N) is 5. The lowest BCUT2D eigenvalue weighted by atomic mass is 10.2. The van der Waals surface area contributed by atoms with Crippen LogP contribution in [0.1, 0.15) is 16.1 Å². The van der Waals surface area contributed by atoms with E-state index in [9.17, 15) is 4.79 Å². The maximum absolute atomic E-state index is 12.8. The fourth-order valence-corrected chi connectivity index (χ4v) is 3.22. The number of hydrogen-bond acceptors (Lipinski definition) is 4. The highest BCUT2D eigenvalue weighted by atomic mass is 16.2. The molecule has 0 spiro atoms. The summed E-state index contributed by atoms with van der Waals surface area (Å²) in [6.45, 7) is 4.13. The summed E-state index contributed by atoms with van der Waals surface area (Å²) in [7, 11) is 0. The van der Waals surface area contributed by atoms with Crippen LogP contribution in [-0.2, 0) is 6.54 Å². The monoisotopic (exact) mass is 347 g/mol. The number of imidazole rings is 1. The molecule has 3 heterocycles. The van der Waals surface area contributed by atoms with E-state index in [0.717, 1.165) is 38.4 Å². The fourth-order valence-electron chi connectivity index (χ4n) is 3.22. The highest BCUT2D eigenvalue weighted by Crippen LogP contribution is 2.13. The molecule has 4 rings (SSSR count). The molecule has 0 radical (unpaired) electrons. The molecule has 1 saturated heterocycles. The third-order valence-corrected chi connectivity index (χ3v) is 4.67. The highest BCUT2D eigenvalue weighted by Gasteiger charge is 2.23. The van der Waals surface area contributed by atoms with Crippen LogP contribution in [0.4, 0.5) is 0 Å². The van der Waals surface area contributed by atoms with Crippen LogP contribution in [0, 0.1) is 0 Å². The van der Waals surface area contributed by atoms with Gasteiger partial charge in [0.2, 0.25) is 0 Å². The van der Waals surface area contributed by atoms with Crippen LogP contribution < -0.4 is 0 Å². The van der Waals surface area contributed by atoms with Gasteiger partial charge in [-0.1, -0.05) is 30.3 Å². The molecule has 1 aliphatic rings. The average molecular weight is 347 g/mol. The zero-order chi connectivity index (χ0) is 17.8. The fraction of sp³-hybridized carbons (Fsp3) is 0.250. The molecule has 1 aromatic carbocycles. The van der Waals surface area contributed by atoms with Gasteiger partial charge >= 0.3 is 0 Å². The normalized spacial score (nSPS) is 15.2. The Morgan fingerprint density at radius 2 is 1.81 bits per heavy atom. The molecule has 0 N–H and O–H groups in total. The minimum absolute atomic E-state index is 0.00803. The van der Waals surface area contributed by atoms with Crippen molar-refractivity contribution in [1.82, 2.24) is 24.3 Å². The first-order valence-electron chi connectivity index (χ1n) is 8.79. The summed E-state index contributed by atoms with van der Waals surface area (Å²) in [4.78, 5) is 25.4. The van der Waals surface area contributed by atoms with E-state index in [2.05, 4.69) is 39.1 Å². The summed E-state index contributed by atoms with van der Waals surface area (Å²) in [5.74, 6) is -0.00803. The van der Waals surface area contributed by atoms with E-state index in [1.807, 2.05) is 33.9 Å². The predicted molar refractivity (Wildman–Crippen MR) is 99.0 cm³/mol. The number of aromatic nitrogens is 3. The number of carbonyl (C=O) groups excluding carboxylic acids is 1. The second-order valence-electron chi connectivity index (χ2n) is 6.42. The lowest BCUT2D eigenvalue weighted by Gasteiger charge is -2.34. The van der Waals surface area contributed by atoms with Crippen molar-refractivity contribution in [3.05, 3.63) is 78.6 Å². The summed E-state index contributed by atoms with van der Waals surface area (Å²) >= 11 is 0. The van der Waals surface area contributed by atoms with Gasteiger partial charge in [0.25, 0.3) is 5.91 Å². The van der Waals surface area contributed by atoms with Gasteiger partial charge in [-0.3, -0.25) is 14.7 Å². The molecule has 0 unspecified atom stereocenters. The summed E-state index contributed by atoms with van der Waals surface area (Å²) in [6, 6.07) is 14.1. The number of pyridine rings is 1. The molecule has 0 atom stereocenters. The SMILES string of the molecule is O=C(c1cc(-n2ccnc2)ccn1)N1CCN(Cc2ccccc2)CC1. The number of piperazine rings is 1. The Hall–Kier alpha value is -2.99. The number of amides is 1. The number of carbonyl (C=O) groups is 1. The van der Waals surface area contributed by atoms with E-state index in [0.29, 0.717) is 5.69 Å². The number of hydrogen-bond donors (Lipinski definition) is 0. The number of benzene rings is 1. The largest absolute Gasteiger partial charge is 0.335 e. The van der Waals surface area contributed by atoms with Gasteiger partial charge in [0.1, 0.15) is 5.69 Å². The van der Waals surface area contributed by atoms with Crippen LogP contribution in [-0.4, -0.2) is 56.4 Å². The predicted octanol–water partition coefficient (Wildman–Crippen LogP) is 2.23. The lowest BCUT2D eigenvalue weighted by Crippen LogP contribution is -2.48. The van der Waals surface area contributed by atoms with Crippen LogP contribution >= 0.6 is 0 Å². The third-order valence-electron chi connectivity index (χ3n) is 4.67. The first kappa shape index (κ1) is 16.5. The van der Waals surface area contributed by atoms with Gasteiger partial charge in [-0.25, -0.2) is 4.98 Å². The van der Waals surface area contributed by atoms with E-state index in [-0.39, 0.29) is 5.91 Å². The maximum Gasteiger partial charge on any atom is 0.272 e. The van der Waals surface area contributed by atoms with Gasteiger partial charge in [0.05, 0.1) is 12.0 Å². The molecule has 0 aliphatic carbocycles. The summed E-state index contributed by atoms with van der Waals surface area (Å²) in [6.07, 6.45) is 6.96. The minimum atomic E-state index is -0.00803. The lowest BCUT2D eigenvalue weighted by molar-refractivity contribution is 0.0622. The van der Waals surface area contributed by atoms with Gasteiger partial charge in [0.15, 0.2) is 0 Å². The van der Waals surface area contributed by atoms with Crippen molar-refractivity contribution in [2.75, 3.05) is 26.2 Å². The summed E-state index contributed by atoms with van der Waals surface area (Å²) < 4.78 is 1.87. The highest BCUT2D eigenvalue weighted by molar-refractivity contribution is 5.92. The van der Waals surface area contributed by atoms with Crippen LogP contribution in [0.25, 0.3) is 5.69 Å². The van der Waals surface area contributed by atoms with Gasteiger partial charge in [0, 0.05) is 51.3 Å². The van der Waals surface area contributed by atoms with Crippen molar-refractivity contribution in [3.8, 4) is 5.69 Å². The Morgan fingerprint density at radius 3 is 2.54 bits per heavy atom. The molecular weight excluding hydrogens is 326 g/mol. The molecule has 1 amide bonds. The number of rotatable bonds is 4. The first-order valence-corrected chi connectivity index (χ1v) is 8.79. The van der Waals surface area contributed by atoms with Crippen molar-refractivity contribution in [3.63, 3.8) is 0 Å². The van der Waals surface area contributed by atoms with Crippen LogP contribution in [0.15, 0.2) is 67.4 Å². The topological polar surface area (TPSA) is 54.3 Å². The second kappa shape index (κ2) is 7.49. The van der Waals surface area contributed by atoms with Crippen LogP contribution in [0.3, 0.4) is 0 Å². The van der Waals surface area contributed by atoms with E-state index < -0.39 is 0 Å². The van der Waals surface area contributed by atoms with Crippen molar-refractivity contribution in [2.45, 2.75) is 6.54 Å².